The zero-order valence-electron chi connectivity index (χ0n) is 19.7. The highest BCUT2D eigenvalue weighted by Gasteiger charge is 2.57. The number of aliphatic carboxylic acids is 1. The minimum Gasteiger partial charge on any atom is -0.480 e. The number of amides is 2. The number of hydrogen-bond donors (Lipinski definition) is 3. The Bertz CT molecular complexity index is 1260. The van der Waals surface area contributed by atoms with Crippen molar-refractivity contribution in [2.24, 2.45) is 5.16 Å². The second kappa shape index (κ2) is 11.4. The van der Waals surface area contributed by atoms with E-state index >= 15 is 0 Å². The van der Waals surface area contributed by atoms with E-state index in [9.17, 15) is 19.5 Å². The maximum Gasteiger partial charge on any atom is 0.322 e. The SMILES string of the molecule is C=CCON=C(C(=O)NC1C(=O)N2CC(SC=Cc3ccc(C)nc3)(C(=O)O)CS[C@H]12)c1csc(N)n1. The smallest absolute Gasteiger partial charge is 0.322 e. The van der Waals surface area contributed by atoms with E-state index in [4.69, 9.17) is 10.6 Å². The van der Waals surface area contributed by atoms with E-state index < -0.39 is 28.0 Å². The predicted molar refractivity (Wildman–Crippen MR) is 145 cm³/mol. The number of carboxylic acids is 1. The summed E-state index contributed by atoms with van der Waals surface area (Å²) in [5.74, 6) is -1.78. The van der Waals surface area contributed by atoms with Crippen molar-refractivity contribution in [1.29, 1.82) is 0 Å². The molecule has 0 aromatic carbocycles. The van der Waals surface area contributed by atoms with Crippen molar-refractivity contribution in [1.82, 2.24) is 20.2 Å². The maximum atomic E-state index is 13.0. The molecule has 2 aliphatic rings. The second-order valence-electron chi connectivity index (χ2n) is 8.17. The third-order valence-electron chi connectivity index (χ3n) is 5.55. The lowest BCUT2D eigenvalue weighted by molar-refractivity contribution is -0.151. The summed E-state index contributed by atoms with van der Waals surface area (Å²) in [6, 6.07) is 2.94. The zero-order chi connectivity index (χ0) is 26.6. The number of nitrogen functional groups attached to an aromatic ring is 1. The molecular formula is C23H24N6O5S3. The number of thioether (sulfide) groups is 2. The summed E-state index contributed by atoms with van der Waals surface area (Å²) in [4.78, 5) is 53.0. The molecule has 0 bridgehead atoms. The Morgan fingerprint density at radius 3 is 2.95 bits per heavy atom. The molecular weight excluding hydrogens is 536 g/mol. The Balaban J connectivity index is 1.42. The normalized spacial score (nSPS) is 23.3. The van der Waals surface area contributed by atoms with Crippen LogP contribution in [-0.2, 0) is 19.2 Å². The van der Waals surface area contributed by atoms with Crippen LogP contribution >= 0.6 is 34.9 Å². The maximum absolute atomic E-state index is 13.0. The van der Waals surface area contributed by atoms with Crippen LogP contribution in [-0.4, -0.2) is 78.5 Å². The number of carbonyl (C=O) groups is 3. The quantitative estimate of drug-likeness (QED) is 0.129. The van der Waals surface area contributed by atoms with Gasteiger partial charge < -0.3 is 25.9 Å². The minimum atomic E-state index is -1.22. The lowest BCUT2D eigenvalue weighted by Crippen LogP contribution is -2.74. The van der Waals surface area contributed by atoms with Gasteiger partial charge in [0.15, 0.2) is 10.8 Å². The molecule has 4 heterocycles. The Hall–Kier alpha value is -3.36. The zero-order valence-corrected chi connectivity index (χ0v) is 22.1. The fraction of sp³-hybridized carbons (Fsp3) is 0.304. The van der Waals surface area contributed by atoms with Crippen LogP contribution in [0.3, 0.4) is 0 Å². The van der Waals surface area contributed by atoms with Crippen LogP contribution in [0.5, 0.6) is 0 Å². The van der Waals surface area contributed by atoms with E-state index in [1.165, 1.54) is 22.7 Å². The molecule has 2 aromatic rings. The number of rotatable bonds is 10. The van der Waals surface area contributed by atoms with E-state index in [2.05, 4.69) is 27.0 Å². The number of thiazole rings is 1. The first-order valence-electron chi connectivity index (χ1n) is 11.0. The van der Waals surface area contributed by atoms with Gasteiger partial charge in [-0.05, 0) is 30.0 Å². The average molecular weight is 561 g/mol. The number of nitrogens with zero attached hydrogens (tertiary/aromatic N) is 4. The van der Waals surface area contributed by atoms with Gasteiger partial charge in [0.2, 0.25) is 5.91 Å². The third-order valence-corrected chi connectivity index (χ3v) is 9.10. The summed E-state index contributed by atoms with van der Waals surface area (Å²) in [6.45, 7) is 5.51. The molecule has 0 radical (unpaired) electrons. The lowest BCUT2D eigenvalue weighted by Gasteiger charge is -2.53. The molecule has 2 aliphatic heterocycles. The van der Waals surface area contributed by atoms with E-state index in [-0.39, 0.29) is 41.3 Å². The van der Waals surface area contributed by atoms with Gasteiger partial charge in [-0.15, -0.1) is 34.9 Å². The first kappa shape index (κ1) is 26.7. The number of aromatic nitrogens is 2. The van der Waals surface area contributed by atoms with Gasteiger partial charge in [0.1, 0.15) is 28.5 Å². The van der Waals surface area contributed by atoms with Crippen LogP contribution in [0.25, 0.3) is 6.08 Å². The van der Waals surface area contributed by atoms with Crippen molar-refractivity contribution >= 4 is 69.6 Å². The number of fused-ring (bicyclic) bond motifs is 1. The predicted octanol–water partition coefficient (Wildman–Crippen LogP) is 1.96. The van der Waals surface area contributed by atoms with Gasteiger partial charge in [0.05, 0.1) is 0 Å². The molecule has 37 heavy (non-hydrogen) atoms. The van der Waals surface area contributed by atoms with Gasteiger partial charge in [0.25, 0.3) is 5.91 Å². The minimum absolute atomic E-state index is 0.0123. The van der Waals surface area contributed by atoms with Gasteiger partial charge in [0, 0.05) is 29.6 Å². The fourth-order valence-corrected chi connectivity index (χ4v) is 6.80. The molecule has 4 N–H and O–H groups in total. The van der Waals surface area contributed by atoms with E-state index in [0.29, 0.717) is 0 Å². The van der Waals surface area contributed by atoms with Gasteiger partial charge in [-0.25, -0.2) is 4.98 Å². The monoisotopic (exact) mass is 560 g/mol. The van der Waals surface area contributed by atoms with Crippen LogP contribution in [0.15, 0.2) is 46.9 Å². The molecule has 14 heteroatoms. The Labute approximate surface area is 225 Å². The molecule has 2 saturated heterocycles. The molecule has 2 fully saturated rings. The molecule has 0 aliphatic carbocycles. The summed E-state index contributed by atoms with van der Waals surface area (Å²) in [7, 11) is 0. The van der Waals surface area contributed by atoms with Gasteiger partial charge in [-0.2, -0.15) is 0 Å². The summed E-state index contributed by atoms with van der Waals surface area (Å²) < 4.78 is -1.22. The molecule has 0 saturated carbocycles. The fourth-order valence-electron chi connectivity index (χ4n) is 3.59. The number of oxime groups is 1. The first-order valence-corrected chi connectivity index (χ1v) is 13.8. The molecule has 2 aromatic heterocycles. The number of nitrogens with two attached hydrogens (primary N) is 1. The number of aryl methyl sites for hydroxylation is 1. The summed E-state index contributed by atoms with van der Waals surface area (Å²) in [6.07, 6.45) is 4.97. The first-order chi connectivity index (χ1) is 17.7. The number of carboxylic acid groups (broad SMARTS) is 1. The molecule has 194 valence electrons. The van der Waals surface area contributed by atoms with Gasteiger partial charge in [-0.3, -0.25) is 19.4 Å². The van der Waals surface area contributed by atoms with Crippen molar-refractivity contribution in [2.45, 2.75) is 23.1 Å². The molecule has 3 atom stereocenters. The number of hydrogen-bond acceptors (Lipinski definition) is 11. The third kappa shape index (κ3) is 5.81. The molecule has 2 amide bonds. The molecule has 2 unspecified atom stereocenters. The highest BCUT2D eigenvalue weighted by molar-refractivity contribution is 8.06. The Morgan fingerprint density at radius 2 is 2.30 bits per heavy atom. The van der Waals surface area contributed by atoms with Crippen molar-refractivity contribution < 1.29 is 24.3 Å². The van der Waals surface area contributed by atoms with Crippen LogP contribution < -0.4 is 11.1 Å². The van der Waals surface area contributed by atoms with Crippen LogP contribution in [0.1, 0.15) is 17.0 Å². The molecule has 4 rings (SSSR count). The number of pyridine rings is 1. The number of nitrogens with one attached hydrogen (secondary N) is 1. The lowest BCUT2D eigenvalue weighted by atomic mass is 10.0. The van der Waals surface area contributed by atoms with E-state index in [1.807, 2.05) is 19.1 Å². The van der Waals surface area contributed by atoms with Crippen molar-refractivity contribution in [3.8, 4) is 0 Å². The number of β-lactam (4-membered cyclic amide) rings is 1. The molecule has 11 nitrogen and oxygen atoms in total. The van der Waals surface area contributed by atoms with Crippen molar-refractivity contribution in [3.63, 3.8) is 0 Å². The summed E-state index contributed by atoms with van der Waals surface area (Å²) in [5, 5.41) is 19.7. The standard InChI is InChI=1S/C23H24N6O5S3/c1-3-7-34-28-16(15-10-35-22(24)26-15)18(30)27-17-19(31)29-11-23(21(32)33,12-36-20(17)29)37-8-6-14-5-4-13(2)25-9-14/h3-6,8-10,17,20H,1,7,11-12H2,2H3,(H2,24,26)(H,27,30)(H,32,33)/t17?,20-,23?/m1/s1. The average Bonchev–Trinajstić information content (AvgIpc) is 3.31. The molecule has 0 spiro atoms. The summed E-state index contributed by atoms with van der Waals surface area (Å²) >= 11 is 3.60. The van der Waals surface area contributed by atoms with Crippen LogP contribution in [0.2, 0.25) is 0 Å². The summed E-state index contributed by atoms with van der Waals surface area (Å²) in [5.41, 5.74) is 7.52. The topological polar surface area (TPSA) is 160 Å². The van der Waals surface area contributed by atoms with E-state index in [0.717, 1.165) is 34.4 Å². The van der Waals surface area contributed by atoms with Gasteiger partial charge in [-0.1, -0.05) is 23.9 Å². The highest BCUT2D eigenvalue weighted by atomic mass is 32.2. The number of anilines is 1. The Kier molecular flexibility index (Phi) is 8.19. The van der Waals surface area contributed by atoms with Crippen molar-refractivity contribution in [2.75, 3.05) is 24.6 Å². The van der Waals surface area contributed by atoms with Gasteiger partial charge >= 0.3 is 5.97 Å². The second-order valence-corrected chi connectivity index (χ2v) is 11.5. The van der Waals surface area contributed by atoms with E-state index in [1.54, 1.807) is 23.1 Å². The number of carbonyl (C=O) groups excluding carboxylic acids is 2. The van der Waals surface area contributed by atoms with Crippen LogP contribution in [0.4, 0.5) is 5.13 Å². The highest BCUT2D eigenvalue weighted by Crippen LogP contribution is 2.44. The van der Waals surface area contributed by atoms with Crippen molar-refractivity contribution in [3.05, 3.63) is 58.7 Å². The Morgan fingerprint density at radius 1 is 1.49 bits per heavy atom. The largest absolute Gasteiger partial charge is 0.480 e. The van der Waals surface area contributed by atoms with Crippen LogP contribution in [0, 0.1) is 6.92 Å².